The summed E-state index contributed by atoms with van der Waals surface area (Å²) in [5, 5.41) is 2.89. The molecule has 0 spiro atoms. The van der Waals surface area contributed by atoms with E-state index in [1.165, 1.54) is 30.7 Å². The van der Waals surface area contributed by atoms with Crippen LogP contribution in [0.2, 0.25) is 0 Å². The van der Waals surface area contributed by atoms with Crippen LogP contribution in [-0.2, 0) is 0 Å². The Bertz CT molecular complexity index is 391. The number of halogens is 1. The van der Waals surface area contributed by atoms with Gasteiger partial charge in [0.25, 0.3) is 5.91 Å². The van der Waals surface area contributed by atoms with E-state index < -0.39 is 0 Å². The van der Waals surface area contributed by atoms with Gasteiger partial charge < -0.3 is 10.2 Å². The molecule has 1 aromatic carbocycles. The molecule has 1 heterocycles. The highest BCUT2D eigenvalue weighted by Crippen LogP contribution is 2.13. The van der Waals surface area contributed by atoms with Gasteiger partial charge in [-0.15, -0.1) is 0 Å². The number of likely N-dealkylation sites (tertiary alicyclic amines) is 1. The predicted octanol–water partition coefficient (Wildman–Crippen LogP) is 1.65. The molecule has 1 aliphatic heterocycles. The van der Waals surface area contributed by atoms with Gasteiger partial charge in [-0.3, -0.25) is 4.79 Å². The van der Waals surface area contributed by atoms with Gasteiger partial charge in [0.05, 0.1) is 0 Å². The van der Waals surface area contributed by atoms with Crippen molar-refractivity contribution in [2.24, 2.45) is 0 Å². The first-order valence-electron chi connectivity index (χ1n) is 5.91. The average Bonchev–Trinajstić information content (AvgIpc) is 2.73. The fourth-order valence-electron chi connectivity index (χ4n) is 2.15. The van der Waals surface area contributed by atoms with Gasteiger partial charge in [-0.05, 0) is 50.7 Å². The summed E-state index contributed by atoms with van der Waals surface area (Å²) < 4.78 is 12.7. The molecule has 0 aliphatic carbocycles. The fourth-order valence-corrected chi connectivity index (χ4v) is 2.15. The largest absolute Gasteiger partial charge is 0.350 e. The minimum atomic E-state index is -0.322. The summed E-state index contributed by atoms with van der Waals surface area (Å²) in [6, 6.07) is 6.04. The molecule has 2 rings (SSSR count). The summed E-state index contributed by atoms with van der Waals surface area (Å²) >= 11 is 0. The molecule has 0 bridgehead atoms. The molecule has 0 radical (unpaired) electrons. The Kier molecular flexibility index (Phi) is 3.74. The first kappa shape index (κ1) is 12.0. The number of rotatable bonds is 3. The molecular weight excluding hydrogens is 219 g/mol. The van der Waals surface area contributed by atoms with E-state index in [-0.39, 0.29) is 11.7 Å². The third-order valence-electron chi connectivity index (χ3n) is 3.28. The molecular formula is C13H17FN2O. The van der Waals surface area contributed by atoms with Gasteiger partial charge in [-0.1, -0.05) is 0 Å². The summed E-state index contributed by atoms with van der Waals surface area (Å²) in [5.41, 5.74) is 0.507. The molecule has 0 saturated carbocycles. The van der Waals surface area contributed by atoms with Crippen LogP contribution in [0.25, 0.3) is 0 Å². The first-order chi connectivity index (χ1) is 8.16. The molecule has 1 aliphatic rings. The van der Waals surface area contributed by atoms with E-state index in [1.807, 2.05) is 0 Å². The van der Waals surface area contributed by atoms with E-state index in [0.717, 1.165) is 13.0 Å². The smallest absolute Gasteiger partial charge is 0.251 e. The van der Waals surface area contributed by atoms with Crippen LogP contribution in [0.1, 0.15) is 23.2 Å². The maximum atomic E-state index is 12.7. The minimum absolute atomic E-state index is 0.134. The number of carbonyl (C=O) groups is 1. The molecule has 1 unspecified atom stereocenters. The van der Waals surface area contributed by atoms with Crippen LogP contribution in [0, 0.1) is 5.82 Å². The minimum Gasteiger partial charge on any atom is -0.350 e. The third-order valence-corrected chi connectivity index (χ3v) is 3.28. The van der Waals surface area contributed by atoms with Crippen LogP contribution in [-0.4, -0.2) is 37.0 Å². The van der Waals surface area contributed by atoms with Crippen LogP contribution < -0.4 is 5.32 Å². The van der Waals surface area contributed by atoms with Gasteiger partial charge in [0.2, 0.25) is 0 Å². The van der Waals surface area contributed by atoms with Crippen molar-refractivity contribution in [3.63, 3.8) is 0 Å². The molecule has 1 N–H and O–H groups in total. The second-order valence-corrected chi connectivity index (χ2v) is 4.49. The Labute approximate surface area is 101 Å². The molecule has 1 atom stereocenters. The van der Waals surface area contributed by atoms with Crippen LogP contribution in [0.15, 0.2) is 24.3 Å². The Balaban J connectivity index is 1.87. The predicted molar refractivity (Wildman–Crippen MR) is 64.4 cm³/mol. The van der Waals surface area contributed by atoms with Gasteiger partial charge >= 0.3 is 0 Å². The summed E-state index contributed by atoms with van der Waals surface area (Å²) in [5.74, 6) is -0.456. The molecule has 1 saturated heterocycles. The summed E-state index contributed by atoms with van der Waals surface area (Å²) in [6.45, 7) is 1.75. The number of amides is 1. The van der Waals surface area contributed by atoms with Gasteiger partial charge in [0.15, 0.2) is 0 Å². The van der Waals surface area contributed by atoms with Crippen LogP contribution in [0.5, 0.6) is 0 Å². The van der Waals surface area contributed by atoms with E-state index in [4.69, 9.17) is 0 Å². The van der Waals surface area contributed by atoms with E-state index >= 15 is 0 Å². The van der Waals surface area contributed by atoms with Crippen molar-refractivity contribution in [2.45, 2.75) is 18.9 Å². The summed E-state index contributed by atoms with van der Waals surface area (Å²) in [4.78, 5) is 14.0. The topological polar surface area (TPSA) is 32.3 Å². The highest BCUT2D eigenvalue weighted by atomic mass is 19.1. The van der Waals surface area contributed by atoms with E-state index in [9.17, 15) is 9.18 Å². The number of nitrogens with one attached hydrogen (secondary N) is 1. The Morgan fingerprint density at radius 3 is 2.76 bits per heavy atom. The number of hydrogen-bond donors (Lipinski definition) is 1. The summed E-state index contributed by atoms with van der Waals surface area (Å²) in [7, 11) is 2.07. The zero-order valence-electron chi connectivity index (χ0n) is 9.95. The van der Waals surface area contributed by atoms with Gasteiger partial charge in [0.1, 0.15) is 5.82 Å². The lowest BCUT2D eigenvalue weighted by Crippen LogP contribution is -2.38. The molecule has 1 amide bonds. The normalized spacial score (nSPS) is 20.5. The average molecular weight is 236 g/mol. The van der Waals surface area contributed by atoms with Crippen molar-refractivity contribution in [1.82, 2.24) is 10.2 Å². The van der Waals surface area contributed by atoms with Crippen molar-refractivity contribution >= 4 is 5.91 Å². The van der Waals surface area contributed by atoms with Crippen molar-refractivity contribution in [1.29, 1.82) is 0 Å². The van der Waals surface area contributed by atoms with Crippen LogP contribution in [0.3, 0.4) is 0 Å². The molecule has 92 valence electrons. The van der Waals surface area contributed by atoms with Crippen molar-refractivity contribution in [3.8, 4) is 0 Å². The van der Waals surface area contributed by atoms with Gasteiger partial charge in [0, 0.05) is 18.2 Å². The Morgan fingerprint density at radius 1 is 1.47 bits per heavy atom. The van der Waals surface area contributed by atoms with Crippen molar-refractivity contribution < 1.29 is 9.18 Å². The third kappa shape index (κ3) is 3.03. The lowest BCUT2D eigenvalue weighted by atomic mass is 10.2. The zero-order valence-corrected chi connectivity index (χ0v) is 9.95. The maximum absolute atomic E-state index is 12.7. The van der Waals surface area contributed by atoms with E-state index in [2.05, 4.69) is 17.3 Å². The van der Waals surface area contributed by atoms with E-state index in [1.54, 1.807) is 0 Å². The lowest BCUT2D eigenvalue weighted by molar-refractivity contribution is 0.0943. The monoisotopic (exact) mass is 236 g/mol. The molecule has 4 heteroatoms. The SMILES string of the molecule is CN1CCCC1CNC(=O)c1ccc(F)cc1. The Morgan fingerprint density at radius 2 is 2.18 bits per heavy atom. The highest BCUT2D eigenvalue weighted by Gasteiger charge is 2.21. The Hall–Kier alpha value is -1.42. The van der Waals surface area contributed by atoms with Crippen molar-refractivity contribution in [3.05, 3.63) is 35.6 Å². The number of carbonyl (C=O) groups excluding carboxylic acids is 1. The highest BCUT2D eigenvalue weighted by molar-refractivity contribution is 5.94. The summed E-state index contributed by atoms with van der Waals surface area (Å²) in [6.07, 6.45) is 2.31. The fraction of sp³-hybridized carbons (Fsp3) is 0.462. The lowest BCUT2D eigenvalue weighted by Gasteiger charge is -2.19. The maximum Gasteiger partial charge on any atom is 0.251 e. The van der Waals surface area contributed by atoms with Crippen LogP contribution in [0.4, 0.5) is 4.39 Å². The zero-order chi connectivity index (χ0) is 12.3. The first-order valence-corrected chi connectivity index (χ1v) is 5.91. The second-order valence-electron chi connectivity index (χ2n) is 4.49. The van der Waals surface area contributed by atoms with Gasteiger partial charge in [-0.25, -0.2) is 4.39 Å². The molecule has 17 heavy (non-hydrogen) atoms. The molecule has 0 aromatic heterocycles. The number of likely N-dealkylation sites (N-methyl/N-ethyl adjacent to an activating group) is 1. The number of nitrogens with zero attached hydrogens (tertiary/aromatic N) is 1. The quantitative estimate of drug-likeness (QED) is 0.865. The van der Waals surface area contributed by atoms with E-state index in [0.29, 0.717) is 18.2 Å². The van der Waals surface area contributed by atoms with Gasteiger partial charge in [-0.2, -0.15) is 0 Å². The molecule has 1 fully saturated rings. The standard InChI is InChI=1S/C13H17FN2O/c1-16-8-2-3-12(16)9-15-13(17)10-4-6-11(14)7-5-10/h4-7,12H,2-3,8-9H2,1H3,(H,15,17). The molecule has 1 aromatic rings. The van der Waals surface area contributed by atoms with Crippen LogP contribution >= 0.6 is 0 Å². The number of hydrogen-bond acceptors (Lipinski definition) is 2. The van der Waals surface area contributed by atoms with Crippen molar-refractivity contribution in [2.75, 3.05) is 20.1 Å². The number of benzene rings is 1. The molecule has 3 nitrogen and oxygen atoms in total. The second kappa shape index (κ2) is 5.27.